The SMILES string of the molecule is CN(C(=O)C(Cc1cc(F)cc(F)c1)NC(=O)NSN[C@H](C=O)Cc1cc(F)cc(F)c1)c1ccccc1.CN(C)c1ccccc1. The molecule has 1 unspecified atom stereocenters. The molecular formula is C34H35F4N5O3S. The van der Waals surface area contributed by atoms with Gasteiger partial charge in [0, 0.05) is 63.2 Å². The second-order valence-corrected chi connectivity index (χ2v) is 11.2. The molecule has 0 radical (unpaired) electrons. The number of anilines is 2. The van der Waals surface area contributed by atoms with E-state index in [0.717, 1.165) is 24.3 Å². The summed E-state index contributed by atoms with van der Waals surface area (Å²) in [5.41, 5.74) is 2.16. The molecule has 4 aromatic carbocycles. The average Bonchev–Trinajstić information content (AvgIpc) is 3.03. The predicted molar refractivity (Wildman–Crippen MR) is 177 cm³/mol. The fraction of sp³-hybridized carbons (Fsp3) is 0.206. The smallest absolute Gasteiger partial charge is 0.326 e. The van der Waals surface area contributed by atoms with E-state index in [-0.39, 0.29) is 24.0 Å². The van der Waals surface area contributed by atoms with Gasteiger partial charge in [0.1, 0.15) is 35.6 Å². The fourth-order valence-corrected chi connectivity index (χ4v) is 4.84. The molecule has 0 saturated heterocycles. The molecule has 13 heteroatoms. The molecule has 3 N–H and O–H groups in total. The van der Waals surface area contributed by atoms with E-state index in [2.05, 4.69) is 31.8 Å². The van der Waals surface area contributed by atoms with E-state index in [4.69, 9.17) is 0 Å². The van der Waals surface area contributed by atoms with Crippen LogP contribution in [0.2, 0.25) is 0 Å². The van der Waals surface area contributed by atoms with Crippen molar-refractivity contribution in [3.8, 4) is 0 Å². The maximum Gasteiger partial charge on any atom is 0.326 e. The van der Waals surface area contributed by atoms with Crippen LogP contribution < -0.4 is 24.6 Å². The standard InChI is InChI=1S/C26H24F4N4O3S.C8H11N/c1-34(23-5-3-2-4-6-23)25(36)24(12-17-9-20(29)14-21(30)10-17)31-26(37)33-38-32-22(15-35)11-16-7-18(27)13-19(28)8-16;1-9(2)8-6-4-3-5-7-8/h2-10,13-15,22,24,32H,11-12H2,1H3,(H2,31,33,37);3-7H,1-2H3/t22-,24?;/m0./s1. The zero-order valence-corrected chi connectivity index (χ0v) is 26.7. The molecule has 0 heterocycles. The molecule has 3 amide bonds. The average molecular weight is 670 g/mol. The lowest BCUT2D eigenvalue weighted by molar-refractivity contribution is -0.120. The Morgan fingerprint density at radius 3 is 1.64 bits per heavy atom. The van der Waals surface area contributed by atoms with Crippen LogP contribution in [0.3, 0.4) is 0 Å². The van der Waals surface area contributed by atoms with E-state index < -0.39 is 47.3 Å². The number of nitrogens with zero attached hydrogens (tertiary/aromatic N) is 2. The van der Waals surface area contributed by atoms with Crippen LogP contribution in [0.5, 0.6) is 0 Å². The van der Waals surface area contributed by atoms with Crippen LogP contribution in [0.4, 0.5) is 33.7 Å². The minimum atomic E-state index is -1.21. The third-order valence-corrected chi connectivity index (χ3v) is 7.32. The Morgan fingerprint density at radius 2 is 1.19 bits per heavy atom. The summed E-state index contributed by atoms with van der Waals surface area (Å²) in [4.78, 5) is 40.5. The minimum absolute atomic E-state index is 0.0530. The zero-order chi connectivity index (χ0) is 34.3. The lowest BCUT2D eigenvalue weighted by atomic mass is 10.0. The van der Waals surface area contributed by atoms with E-state index in [0.29, 0.717) is 36.2 Å². The van der Waals surface area contributed by atoms with Gasteiger partial charge in [-0.2, -0.15) is 0 Å². The molecule has 0 aromatic heterocycles. The molecule has 0 spiro atoms. The van der Waals surface area contributed by atoms with Gasteiger partial charge in [-0.25, -0.2) is 27.1 Å². The number of aldehydes is 1. The molecule has 0 aliphatic heterocycles. The minimum Gasteiger partial charge on any atom is -0.378 e. The van der Waals surface area contributed by atoms with Crippen molar-refractivity contribution in [1.29, 1.82) is 0 Å². The molecule has 0 bridgehead atoms. The first-order valence-electron chi connectivity index (χ1n) is 14.3. The highest BCUT2D eigenvalue weighted by Crippen LogP contribution is 2.16. The Hall–Kier alpha value is -4.88. The van der Waals surface area contributed by atoms with Crippen LogP contribution in [0.1, 0.15) is 11.1 Å². The monoisotopic (exact) mass is 669 g/mol. The van der Waals surface area contributed by atoms with Crippen molar-refractivity contribution in [2.75, 3.05) is 30.9 Å². The largest absolute Gasteiger partial charge is 0.378 e. The summed E-state index contributed by atoms with van der Waals surface area (Å²) >= 11 is 0.616. The first-order chi connectivity index (χ1) is 22.4. The van der Waals surface area contributed by atoms with Gasteiger partial charge in [-0.05, 0) is 66.1 Å². The number of carbonyl (C=O) groups excluding carboxylic acids is 3. The van der Waals surface area contributed by atoms with Gasteiger partial charge in [-0.3, -0.25) is 9.52 Å². The number of urea groups is 1. The van der Waals surface area contributed by atoms with Crippen molar-refractivity contribution in [2.45, 2.75) is 24.9 Å². The molecule has 0 saturated carbocycles. The maximum absolute atomic E-state index is 13.7. The van der Waals surface area contributed by atoms with E-state index in [1.807, 2.05) is 32.3 Å². The van der Waals surface area contributed by atoms with Crippen LogP contribution in [0, 0.1) is 23.3 Å². The lowest BCUT2D eigenvalue weighted by Gasteiger charge is -2.25. The number of amides is 3. The van der Waals surface area contributed by atoms with Crippen molar-refractivity contribution in [3.05, 3.63) is 131 Å². The molecule has 0 aliphatic carbocycles. The van der Waals surface area contributed by atoms with Gasteiger partial charge < -0.3 is 19.9 Å². The first kappa shape index (κ1) is 36.6. The summed E-state index contributed by atoms with van der Waals surface area (Å²) in [5, 5.41) is 2.48. The molecule has 2 atom stereocenters. The summed E-state index contributed by atoms with van der Waals surface area (Å²) in [7, 11) is 5.57. The van der Waals surface area contributed by atoms with Crippen LogP contribution in [-0.4, -0.2) is 51.5 Å². The number of rotatable bonds is 12. The van der Waals surface area contributed by atoms with Crippen molar-refractivity contribution < 1.29 is 31.9 Å². The van der Waals surface area contributed by atoms with Crippen molar-refractivity contribution in [1.82, 2.24) is 14.8 Å². The first-order valence-corrected chi connectivity index (χ1v) is 15.1. The molecule has 4 aromatic rings. The second-order valence-electron chi connectivity index (χ2n) is 10.5. The highest BCUT2D eigenvalue weighted by atomic mass is 32.2. The normalized spacial score (nSPS) is 11.7. The highest BCUT2D eigenvalue weighted by molar-refractivity contribution is 7.96. The maximum atomic E-state index is 13.7. The third-order valence-electron chi connectivity index (χ3n) is 6.61. The molecular weight excluding hydrogens is 634 g/mol. The van der Waals surface area contributed by atoms with Crippen LogP contribution >= 0.6 is 12.1 Å². The number of likely N-dealkylation sites (N-methyl/N-ethyl adjacent to an activating group) is 1. The fourth-order valence-electron chi connectivity index (χ4n) is 4.34. The summed E-state index contributed by atoms with van der Waals surface area (Å²) < 4.78 is 59.3. The summed E-state index contributed by atoms with van der Waals surface area (Å²) in [6.45, 7) is 0. The third kappa shape index (κ3) is 12.4. The van der Waals surface area contributed by atoms with Crippen molar-refractivity contribution in [2.24, 2.45) is 0 Å². The lowest BCUT2D eigenvalue weighted by Crippen LogP contribution is -2.51. The zero-order valence-electron chi connectivity index (χ0n) is 25.9. The van der Waals surface area contributed by atoms with Gasteiger partial charge in [-0.1, -0.05) is 36.4 Å². The van der Waals surface area contributed by atoms with Gasteiger partial charge in [0.25, 0.3) is 0 Å². The second kappa shape index (κ2) is 18.3. The van der Waals surface area contributed by atoms with Crippen LogP contribution in [0.15, 0.2) is 97.1 Å². The van der Waals surface area contributed by atoms with Crippen LogP contribution in [0.25, 0.3) is 0 Å². The Bertz CT molecular complexity index is 1580. The van der Waals surface area contributed by atoms with E-state index in [1.165, 1.54) is 17.6 Å². The van der Waals surface area contributed by atoms with E-state index in [1.54, 1.807) is 30.3 Å². The summed E-state index contributed by atoms with van der Waals surface area (Å²) in [5.74, 6) is -3.78. The quantitative estimate of drug-likeness (QED) is 0.0999. The van der Waals surface area contributed by atoms with Gasteiger partial charge in [0.2, 0.25) is 5.91 Å². The molecule has 4 rings (SSSR count). The number of hydrogen-bond acceptors (Lipinski definition) is 6. The highest BCUT2D eigenvalue weighted by Gasteiger charge is 2.26. The molecule has 47 heavy (non-hydrogen) atoms. The topological polar surface area (TPSA) is 93.8 Å². The van der Waals surface area contributed by atoms with Gasteiger partial charge >= 0.3 is 6.03 Å². The van der Waals surface area contributed by atoms with Gasteiger partial charge in [0.05, 0.1) is 6.04 Å². The molecule has 0 aliphatic rings. The molecule has 8 nitrogen and oxygen atoms in total. The Kier molecular flexibility index (Phi) is 14.3. The Morgan fingerprint density at radius 1 is 0.723 bits per heavy atom. The summed E-state index contributed by atoms with van der Waals surface area (Å²) in [6.07, 6.45) is 0.246. The van der Waals surface area contributed by atoms with Gasteiger partial charge in [-0.15, -0.1) is 0 Å². The van der Waals surface area contributed by atoms with Gasteiger partial charge in [0.15, 0.2) is 0 Å². The van der Waals surface area contributed by atoms with Crippen molar-refractivity contribution >= 4 is 41.7 Å². The van der Waals surface area contributed by atoms with Crippen molar-refractivity contribution in [3.63, 3.8) is 0 Å². The predicted octanol–water partition coefficient (Wildman–Crippen LogP) is 5.83. The number of benzene rings is 4. The van der Waals surface area contributed by atoms with Crippen LogP contribution in [-0.2, 0) is 22.4 Å². The number of hydrogen-bond donors (Lipinski definition) is 3. The van der Waals surface area contributed by atoms with E-state index >= 15 is 0 Å². The Balaban J connectivity index is 0.000000573. The summed E-state index contributed by atoms with van der Waals surface area (Å²) in [6, 6.07) is 21.6. The number of halogens is 4. The Labute approximate surface area is 275 Å². The number of carbonyl (C=O) groups is 3. The van der Waals surface area contributed by atoms with E-state index in [9.17, 15) is 31.9 Å². The molecule has 248 valence electrons. The molecule has 0 fully saturated rings. The number of para-hydroxylation sites is 2. The number of nitrogens with one attached hydrogen (secondary N) is 3.